The van der Waals surface area contributed by atoms with Gasteiger partial charge >= 0.3 is 0 Å². The summed E-state index contributed by atoms with van der Waals surface area (Å²) in [7, 11) is 6.21. The molecule has 0 bridgehead atoms. The molecule has 0 radical (unpaired) electrons. The standard InChI is InChI=1S/C20H22ClNO5/c1-24-16-7-5-13(9-17(16)25-2)6-8-20(23)22-12-14-10-18(26-3)19(27-4)11-15(14)21/h5-11H,12H2,1-4H3,(H,22,23)/b8-6+. The average molecular weight is 392 g/mol. The van der Waals surface area contributed by atoms with E-state index in [1.807, 2.05) is 6.07 Å². The molecule has 0 saturated carbocycles. The largest absolute Gasteiger partial charge is 0.493 e. The fourth-order valence-electron chi connectivity index (χ4n) is 2.40. The molecule has 0 fully saturated rings. The van der Waals surface area contributed by atoms with Gasteiger partial charge in [0.25, 0.3) is 0 Å². The van der Waals surface area contributed by atoms with Crippen LogP contribution < -0.4 is 24.3 Å². The summed E-state index contributed by atoms with van der Waals surface area (Å²) < 4.78 is 20.9. The van der Waals surface area contributed by atoms with Gasteiger partial charge in [-0.1, -0.05) is 17.7 Å². The van der Waals surface area contributed by atoms with Crippen LogP contribution in [0.1, 0.15) is 11.1 Å². The monoisotopic (exact) mass is 391 g/mol. The second-order valence-electron chi connectivity index (χ2n) is 5.46. The molecule has 7 heteroatoms. The number of benzene rings is 2. The first-order valence-corrected chi connectivity index (χ1v) is 8.48. The maximum atomic E-state index is 12.1. The highest BCUT2D eigenvalue weighted by atomic mass is 35.5. The molecule has 0 spiro atoms. The molecule has 27 heavy (non-hydrogen) atoms. The number of halogens is 1. The number of ether oxygens (including phenoxy) is 4. The molecule has 2 aromatic carbocycles. The molecule has 0 atom stereocenters. The van der Waals surface area contributed by atoms with Crippen molar-refractivity contribution in [1.29, 1.82) is 0 Å². The van der Waals surface area contributed by atoms with E-state index in [2.05, 4.69) is 5.32 Å². The lowest BCUT2D eigenvalue weighted by Crippen LogP contribution is -2.20. The van der Waals surface area contributed by atoms with Crippen molar-refractivity contribution < 1.29 is 23.7 Å². The molecule has 0 aliphatic carbocycles. The molecule has 6 nitrogen and oxygen atoms in total. The Morgan fingerprint density at radius 3 is 2.15 bits per heavy atom. The quantitative estimate of drug-likeness (QED) is 0.695. The van der Waals surface area contributed by atoms with Gasteiger partial charge in [-0.2, -0.15) is 0 Å². The zero-order valence-corrected chi connectivity index (χ0v) is 16.4. The zero-order valence-electron chi connectivity index (χ0n) is 15.7. The van der Waals surface area contributed by atoms with Gasteiger partial charge < -0.3 is 24.3 Å². The number of carbonyl (C=O) groups excluding carboxylic acids is 1. The van der Waals surface area contributed by atoms with Crippen LogP contribution in [0.25, 0.3) is 6.08 Å². The molecule has 0 heterocycles. The van der Waals surface area contributed by atoms with Gasteiger partial charge in [-0.3, -0.25) is 4.79 Å². The molecule has 2 rings (SSSR count). The summed E-state index contributed by atoms with van der Waals surface area (Å²) in [6, 6.07) is 8.78. The van der Waals surface area contributed by atoms with Crippen LogP contribution in [0, 0.1) is 0 Å². The van der Waals surface area contributed by atoms with Crippen LogP contribution in [0.2, 0.25) is 5.02 Å². The van der Waals surface area contributed by atoms with Crippen molar-refractivity contribution in [3.05, 3.63) is 52.6 Å². The van der Waals surface area contributed by atoms with Crippen molar-refractivity contribution in [2.24, 2.45) is 0 Å². The highest BCUT2D eigenvalue weighted by molar-refractivity contribution is 6.31. The van der Waals surface area contributed by atoms with Gasteiger partial charge in [-0.15, -0.1) is 0 Å². The molecule has 1 amide bonds. The summed E-state index contributed by atoms with van der Waals surface area (Å²) in [5, 5.41) is 3.27. The van der Waals surface area contributed by atoms with E-state index in [0.29, 0.717) is 28.0 Å². The molecule has 0 aliphatic heterocycles. The summed E-state index contributed by atoms with van der Waals surface area (Å²) in [4.78, 5) is 12.1. The molecule has 0 aromatic heterocycles. The fourth-order valence-corrected chi connectivity index (χ4v) is 2.62. The van der Waals surface area contributed by atoms with Crippen LogP contribution in [-0.2, 0) is 11.3 Å². The number of rotatable bonds is 8. The van der Waals surface area contributed by atoms with Crippen LogP contribution in [0.15, 0.2) is 36.4 Å². The van der Waals surface area contributed by atoms with E-state index in [-0.39, 0.29) is 12.5 Å². The molecule has 2 aromatic rings. The molecular formula is C20H22ClNO5. The lowest BCUT2D eigenvalue weighted by molar-refractivity contribution is -0.116. The Morgan fingerprint density at radius 2 is 1.52 bits per heavy atom. The maximum absolute atomic E-state index is 12.1. The lowest BCUT2D eigenvalue weighted by atomic mass is 10.1. The van der Waals surface area contributed by atoms with Gasteiger partial charge in [-0.05, 0) is 35.4 Å². The SMILES string of the molecule is COc1ccc(/C=C/C(=O)NCc2cc(OC)c(OC)cc2Cl)cc1OC. The molecule has 0 aliphatic rings. The van der Waals surface area contributed by atoms with E-state index in [1.54, 1.807) is 51.7 Å². The van der Waals surface area contributed by atoms with E-state index in [4.69, 9.17) is 30.5 Å². The second kappa shape index (κ2) is 9.73. The van der Waals surface area contributed by atoms with Gasteiger partial charge in [0, 0.05) is 23.7 Å². The fraction of sp³-hybridized carbons (Fsp3) is 0.250. The Morgan fingerprint density at radius 1 is 0.926 bits per heavy atom. The minimum absolute atomic E-state index is 0.254. The van der Waals surface area contributed by atoms with Gasteiger partial charge in [0.1, 0.15) is 0 Å². The number of nitrogens with one attached hydrogen (secondary N) is 1. The summed E-state index contributed by atoms with van der Waals surface area (Å²) in [5.74, 6) is 2.05. The molecular weight excluding hydrogens is 370 g/mol. The first-order valence-electron chi connectivity index (χ1n) is 8.10. The Balaban J connectivity index is 2.03. The summed E-state index contributed by atoms with van der Waals surface area (Å²) >= 11 is 6.22. The topological polar surface area (TPSA) is 66.0 Å². The van der Waals surface area contributed by atoms with E-state index in [0.717, 1.165) is 11.1 Å². The number of carbonyl (C=O) groups is 1. The third kappa shape index (κ3) is 5.31. The first-order chi connectivity index (χ1) is 13.0. The zero-order chi connectivity index (χ0) is 19.8. The minimum Gasteiger partial charge on any atom is -0.493 e. The normalized spacial score (nSPS) is 10.6. The summed E-state index contributed by atoms with van der Waals surface area (Å²) in [6.45, 7) is 0.258. The van der Waals surface area contributed by atoms with E-state index >= 15 is 0 Å². The molecule has 144 valence electrons. The van der Waals surface area contributed by atoms with Gasteiger partial charge in [-0.25, -0.2) is 0 Å². The van der Waals surface area contributed by atoms with Crippen LogP contribution in [0.3, 0.4) is 0 Å². The molecule has 1 N–H and O–H groups in total. The number of hydrogen-bond donors (Lipinski definition) is 1. The third-order valence-electron chi connectivity index (χ3n) is 3.84. The summed E-state index contributed by atoms with van der Waals surface area (Å²) in [5.41, 5.74) is 1.54. The van der Waals surface area contributed by atoms with Gasteiger partial charge in [0.2, 0.25) is 5.91 Å². The predicted octanol–water partition coefficient (Wildman–Crippen LogP) is 3.70. The minimum atomic E-state index is -0.254. The van der Waals surface area contributed by atoms with Crippen molar-refractivity contribution >= 4 is 23.6 Å². The van der Waals surface area contributed by atoms with Crippen molar-refractivity contribution in [3.63, 3.8) is 0 Å². The van der Waals surface area contributed by atoms with Crippen LogP contribution in [-0.4, -0.2) is 34.3 Å². The van der Waals surface area contributed by atoms with Crippen LogP contribution in [0.4, 0.5) is 0 Å². The van der Waals surface area contributed by atoms with Gasteiger partial charge in [0.05, 0.1) is 28.4 Å². The Bertz CT molecular complexity index is 835. The molecule has 0 unspecified atom stereocenters. The Kier molecular flexibility index (Phi) is 7.37. The first kappa shape index (κ1) is 20.5. The second-order valence-corrected chi connectivity index (χ2v) is 5.87. The Hall–Kier alpha value is -2.86. The smallest absolute Gasteiger partial charge is 0.244 e. The third-order valence-corrected chi connectivity index (χ3v) is 4.19. The van der Waals surface area contributed by atoms with Crippen molar-refractivity contribution in [2.75, 3.05) is 28.4 Å². The number of hydrogen-bond acceptors (Lipinski definition) is 5. The van der Waals surface area contributed by atoms with Crippen molar-refractivity contribution in [2.45, 2.75) is 6.54 Å². The molecule has 0 saturated heterocycles. The van der Waals surface area contributed by atoms with E-state index < -0.39 is 0 Å². The van der Waals surface area contributed by atoms with Crippen LogP contribution in [0.5, 0.6) is 23.0 Å². The predicted molar refractivity (Wildman–Crippen MR) is 105 cm³/mol. The highest BCUT2D eigenvalue weighted by Crippen LogP contribution is 2.33. The lowest BCUT2D eigenvalue weighted by Gasteiger charge is -2.12. The van der Waals surface area contributed by atoms with Crippen molar-refractivity contribution in [1.82, 2.24) is 5.32 Å². The van der Waals surface area contributed by atoms with Gasteiger partial charge in [0.15, 0.2) is 23.0 Å². The number of methoxy groups -OCH3 is 4. The van der Waals surface area contributed by atoms with Crippen molar-refractivity contribution in [3.8, 4) is 23.0 Å². The summed E-state index contributed by atoms with van der Waals surface area (Å²) in [6.07, 6.45) is 3.13. The maximum Gasteiger partial charge on any atom is 0.244 e. The highest BCUT2D eigenvalue weighted by Gasteiger charge is 2.10. The van der Waals surface area contributed by atoms with E-state index in [9.17, 15) is 4.79 Å². The van der Waals surface area contributed by atoms with E-state index in [1.165, 1.54) is 13.2 Å². The number of amides is 1. The average Bonchev–Trinajstić information content (AvgIpc) is 2.70. The van der Waals surface area contributed by atoms with Crippen LogP contribution >= 0.6 is 11.6 Å². The Labute approximate surface area is 163 Å².